The van der Waals surface area contributed by atoms with Gasteiger partial charge in [0.05, 0.1) is 22.4 Å². The maximum absolute atomic E-state index is 12.5. The van der Waals surface area contributed by atoms with Gasteiger partial charge < -0.3 is 0 Å². The van der Waals surface area contributed by atoms with Gasteiger partial charge in [0.2, 0.25) is 0 Å². The number of rotatable bonds is 0. The summed E-state index contributed by atoms with van der Waals surface area (Å²) in [5.74, 6) is 0. The van der Waals surface area contributed by atoms with Crippen LogP contribution in [0.5, 0.6) is 0 Å². The molecule has 1 spiro atoms. The van der Waals surface area contributed by atoms with Crippen LogP contribution in [0, 0.1) is 9.81 Å². The lowest BCUT2D eigenvalue weighted by molar-refractivity contribution is -0.810. The van der Waals surface area contributed by atoms with E-state index in [0.29, 0.717) is 12.8 Å². The highest BCUT2D eigenvalue weighted by molar-refractivity contribution is 4.95. The molecule has 0 aromatic carbocycles. The fraction of sp³-hybridized carbons (Fsp3) is 1.00. The SMILES string of the molecule is CC1(C)[N+](=O)C2(CCCCC2)[N+](=O)C1(C)C. The minimum absolute atomic E-state index is 0.619. The summed E-state index contributed by atoms with van der Waals surface area (Å²) < 4.78 is 2.18. The zero-order chi connectivity index (χ0) is 12.2. The monoisotopic (exact) mass is 226 g/mol. The fourth-order valence-electron chi connectivity index (χ4n) is 3.14. The summed E-state index contributed by atoms with van der Waals surface area (Å²) in [5.41, 5.74) is -2.02. The molecule has 1 aliphatic carbocycles. The molecule has 0 radical (unpaired) electrons. The molecule has 0 atom stereocenters. The van der Waals surface area contributed by atoms with E-state index >= 15 is 0 Å². The molecule has 2 rings (SSSR count). The molecular weight excluding hydrogens is 204 g/mol. The molecule has 1 aliphatic heterocycles. The van der Waals surface area contributed by atoms with Crippen LogP contribution in [0.15, 0.2) is 0 Å². The molecular formula is C12H22N2O2+2. The largest absolute Gasteiger partial charge is 0.440 e. The first-order valence-corrected chi connectivity index (χ1v) is 6.22. The number of hydrogen-bond donors (Lipinski definition) is 0. The van der Waals surface area contributed by atoms with Gasteiger partial charge in [-0.2, -0.15) is 0 Å². The summed E-state index contributed by atoms with van der Waals surface area (Å²) in [5, 5.41) is 0. The van der Waals surface area contributed by atoms with Crippen molar-refractivity contribution in [3.63, 3.8) is 0 Å². The summed E-state index contributed by atoms with van der Waals surface area (Å²) in [4.78, 5) is 25.0. The molecule has 4 heteroatoms. The summed E-state index contributed by atoms with van der Waals surface area (Å²) in [6.45, 7) is 7.53. The van der Waals surface area contributed by atoms with E-state index in [1.807, 2.05) is 27.7 Å². The van der Waals surface area contributed by atoms with E-state index in [1.54, 1.807) is 0 Å². The van der Waals surface area contributed by atoms with Crippen LogP contribution in [-0.4, -0.2) is 26.3 Å². The molecule has 1 saturated carbocycles. The average molecular weight is 226 g/mol. The Balaban J connectivity index is 2.50. The fourth-order valence-corrected chi connectivity index (χ4v) is 3.14. The van der Waals surface area contributed by atoms with Crippen LogP contribution >= 0.6 is 0 Å². The second-order valence-electron chi connectivity index (χ2n) is 6.25. The van der Waals surface area contributed by atoms with Crippen LogP contribution in [-0.2, 0) is 0 Å². The van der Waals surface area contributed by atoms with Crippen LogP contribution in [0.4, 0.5) is 0 Å². The number of nitroso groups, excluding NO2 is 2. The quantitative estimate of drug-likeness (QED) is 0.596. The van der Waals surface area contributed by atoms with Gasteiger partial charge in [-0.15, -0.1) is 0 Å². The van der Waals surface area contributed by atoms with Crippen LogP contribution in [0.2, 0.25) is 0 Å². The minimum atomic E-state index is -0.786. The Hall–Kier alpha value is -0.800. The van der Waals surface area contributed by atoms with Gasteiger partial charge in [0.15, 0.2) is 0 Å². The zero-order valence-corrected chi connectivity index (χ0v) is 10.7. The Morgan fingerprint density at radius 3 is 1.50 bits per heavy atom. The van der Waals surface area contributed by atoms with Gasteiger partial charge in [-0.1, -0.05) is 6.42 Å². The van der Waals surface area contributed by atoms with E-state index < -0.39 is 16.7 Å². The lowest BCUT2D eigenvalue weighted by Crippen LogP contribution is -2.48. The Kier molecular flexibility index (Phi) is 2.27. The predicted molar refractivity (Wildman–Crippen MR) is 61.2 cm³/mol. The van der Waals surface area contributed by atoms with Crippen LogP contribution in [0.25, 0.3) is 0 Å². The lowest BCUT2D eigenvalue weighted by Gasteiger charge is -2.18. The van der Waals surface area contributed by atoms with Gasteiger partial charge in [-0.25, -0.2) is 0 Å². The molecule has 0 unspecified atom stereocenters. The van der Waals surface area contributed by atoms with Crippen molar-refractivity contribution in [1.82, 2.24) is 0 Å². The van der Waals surface area contributed by atoms with E-state index in [4.69, 9.17) is 0 Å². The first kappa shape index (κ1) is 11.7. The van der Waals surface area contributed by atoms with Crippen LogP contribution in [0.3, 0.4) is 0 Å². The van der Waals surface area contributed by atoms with Crippen molar-refractivity contribution in [3.05, 3.63) is 9.81 Å². The molecule has 0 bridgehead atoms. The highest BCUT2D eigenvalue weighted by Crippen LogP contribution is 2.48. The number of nitrogens with zero attached hydrogens (tertiary/aromatic N) is 2. The van der Waals surface area contributed by atoms with Gasteiger partial charge in [0, 0.05) is 37.5 Å². The van der Waals surface area contributed by atoms with Gasteiger partial charge in [0.1, 0.15) is 0 Å². The molecule has 0 aromatic heterocycles. The molecule has 16 heavy (non-hydrogen) atoms. The molecule has 4 nitrogen and oxygen atoms in total. The topological polar surface area (TPSA) is 40.2 Å². The van der Waals surface area contributed by atoms with Crippen molar-refractivity contribution in [2.75, 3.05) is 0 Å². The van der Waals surface area contributed by atoms with Gasteiger partial charge in [-0.3, -0.25) is 0 Å². The smallest absolute Gasteiger partial charge is 0.0522 e. The lowest BCUT2D eigenvalue weighted by atomic mass is 9.84. The van der Waals surface area contributed by atoms with E-state index in [0.717, 1.165) is 28.8 Å². The first-order valence-electron chi connectivity index (χ1n) is 6.22. The Morgan fingerprint density at radius 2 is 1.12 bits per heavy atom. The Labute approximate surface area is 96.6 Å². The van der Waals surface area contributed by atoms with Crippen molar-refractivity contribution in [2.45, 2.75) is 76.5 Å². The summed E-state index contributed by atoms with van der Waals surface area (Å²) in [6.07, 6.45) is 4.55. The highest BCUT2D eigenvalue weighted by atomic mass is 16.3. The Morgan fingerprint density at radius 1 is 0.750 bits per heavy atom. The molecule has 90 valence electrons. The molecule has 2 aliphatic rings. The third-order valence-electron chi connectivity index (χ3n) is 4.92. The third kappa shape index (κ3) is 1.10. The minimum Gasteiger partial charge on any atom is -0.0522 e. The van der Waals surface area contributed by atoms with Crippen molar-refractivity contribution in [3.8, 4) is 0 Å². The van der Waals surface area contributed by atoms with Gasteiger partial charge in [0.25, 0.3) is 11.1 Å². The second kappa shape index (κ2) is 3.11. The van der Waals surface area contributed by atoms with Crippen LogP contribution in [0.1, 0.15) is 59.8 Å². The standard InChI is InChI=1S/C12H22N2O2/c1-10(2)11(3,4)14(16)12(13(10)15)8-6-5-7-9-12/h5-9H2,1-4H3/q+2. The van der Waals surface area contributed by atoms with E-state index in [-0.39, 0.29) is 0 Å². The second-order valence-corrected chi connectivity index (χ2v) is 6.25. The normalized spacial score (nSPS) is 31.0. The first-order chi connectivity index (χ1) is 7.27. The summed E-state index contributed by atoms with van der Waals surface area (Å²) >= 11 is 0. The van der Waals surface area contributed by atoms with Crippen molar-refractivity contribution in [1.29, 1.82) is 0 Å². The van der Waals surface area contributed by atoms with Crippen molar-refractivity contribution >= 4 is 0 Å². The van der Waals surface area contributed by atoms with E-state index in [1.165, 1.54) is 0 Å². The maximum atomic E-state index is 12.5. The van der Waals surface area contributed by atoms with E-state index in [9.17, 15) is 9.81 Å². The summed E-state index contributed by atoms with van der Waals surface area (Å²) in [6, 6.07) is 0. The van der Waals surface area contributed by atoms with Crippen molar-refractivity contribution < 1.29 is 9.52 Å². The van der Waals surface area contributed by atoms with Gasteiger partial charge >= 0.3 is 5.66 Å². The van der Waals surface area contributed by atoms with Crippen molar-refractivity contribution in [2.24, 2.45) is 0 Å². The predicted octanol–water partition coefficient (Wildman–Crippen LogP) is 2.78. The summed E-state index contributed by atoms with van der Waals surface area (Å²) in [7, 11) is 0. The molecule has 0 N–H and O–H groups in total. The van der Waals surface area contributed by atoms with Crippen LogP contribution < -0.4 is 0 Å². The maximum Gasteiger partial charge on any atom is 0.440 e. The zero-order valence-electron chi connectivity index (χ0n) is 10.7. The molecule has 2 fully saturated rings. The third-order valence-corrected chi connectivity index (χ3v) is 4.92. The molecule has 0 aromatic rings. The van der Waals surface area contributed by atoms with E-state index in [2.05, 4.69) is 0 Å². The highest BCUT2D eigenvalue weighted by Gasteiger charge is 2.82. The molecule has 0 amide bonds. The average Bonchev–Trinajstić information content (AvgIpc) is 2.34. The van der Waals surface area contributed by atoms with Gasteiger partial charge in [-0.05, 0) is 12.8 Å². The molecule has 1 heterocycles. The Bertz CT molecular complexity index is 324. The number of hydrogen-bond acceptors (Lipinski definition) is 2. The molecule has 1 saturated heterocycles.